The lowest BCUT2D eigenvalue weighted by molar-refractivity contribution is 0.716. The summed E-state index contributed by atoms with van der Waals surface area (Å²) >= 11 is 0. The van der Waals surface area contributed by atoms with Gasteiger partial charge in [-0.05, 0) is 65.6 Å². The van der Waals surface area contributed by atoms with Gasteiger partial charge in [0.25, 0.3) is 0 Å². The van der Waals surface area contributed by atoms with Crippen LogP contribution < -0.4 is 0 Å². The molecule has 32 heavy (non-hydrogen) atoms. The van der Waals surface area contributed by atoms with Gasteiger partial charge in [-0.2, -0.15) is 0 Å². The number of benzene rings is 1. The van der Waals surface area contributed by atoms with Crippen molar-refractivity contribution in [2.24, 2.45) is 0 Å². The highest BCUT2D eigenvalue weighted by atomic mass is 14.9. The highest BCUT2D eigenvalue weighted by molar-refractivity contribution is 5.83. The molecule has 0 fully saturated rings. The van der Waals surface area contributed by atoms with Gasteiger partial charge in [-0.15, -0.1) is 0 Å². The van der Waals surface area contributed by atoms with E-state index in [2.05, 4.69) is 97.0 Å². The second kappa shape index (κ2) is 8.97. The third kappa shape index (κ3) is 4.39. The molecule has 0 saturated heterocycles. The zero-order valence-corrected chi connectivity index (χ0v) is 20.5. The first kappa shape index (κ1) is 22.4. The van der Waals surface area contributed by atoms with E-state index in [0.717, 1.165) is 34.7 Å². The normalized spacial score (nSPS) is 13.1. The van der Waals surface area contributed by atoms with Gasteiger partial charge in [0.15, 0.2) is 5.65 Å². The summed E-state index contributed by atoms with van der Waals surface area (Å²) in [5, 5.41) is 2.43. The Kier molecular flexibility index (Phi) is 6.28. The predicted molar refractivity (Wildman–Crippen MR) is 136 cm³/mol. The van der Waals surface area contributed by atoms with Crippen LogP contribution in [0.15, 0.2) is 48.5 Å². The van der Waals surface area contributed by atoms with E-state index in [9.17, 15) is 0 Å². The average molecular weight is 426 g/mol. The van der Waals surface area contributed by atoms with E-state index in [1.807, 2.05) is 0 Å². The number of fused-ring (bicyclic) bond motifs is 2. The Morgan fingerprint density at radius 3 is 1.97 bits per heavy atom. The van der Waals surface area contributed by atoms with E-state index in [1.165, 1.54) is 21.9 Å². The third-order valence-corrected chi connectivity index (χ3v) is 6.41. The largest absolute Gasteiger partial charge is 0.253 e. The molecule has 0 amide bonds. The van der Waals surface area contributed by atoms with Gasteiger partial charge in [-0.3, -0.25) is 4.98 Å². The molecular formula is C29H35N3. The van der Waals surface area contributed by atoms with Crippen LogP contribution in [0.1, 0.15) is 100 Å². The van der Waals surface area contributed by atoms with Crippen LogP contribution >= 0.6 is 0 Å². The van der Waals surface area contributed by atoms with E-state index >= 15 is 0 Å². The molecule has 3 heteroatoms. The van der Waals surface area contributed by atoms with Crippen molar-refractivity contribution in [3.8, 4) is 0 Å². The summed E-state index contributed by atoms with van der Waals surface area (Å²) in [6.45, 7) is 15.6. The van der Waals surface area contributed by atoms with Crippen LogP contribution in [0.25, 0.3) is 21.9 Å². The summed E-state index contributed by atoms with van der Waals surface area (Å²) < 4.78 is 0. The molecule has 3 nitrogen and oxygen atoms in total. The second-order valence-electron chi connectivity index (χ2n) is 10.0. The molecule has 0 spiro atoms. The first-order valence-corrected chi connectivity index (χ1v) is 11.9. The van der Waals surface area contributed by atoms with Crippen molar-refractivity contribution in [2.45, 2.75) is 78.6 Å². The Labute approximate surface area is 192 Å². The van der Waals surface area contributed by atoms with Crippen LogP contribution in [0.3, 0.4) is 0 Å². The second-order valence-corrected chi connectivity index (χ2v) is 10.0. The summed E-state index contributed by atoms with van der Waals surface area (Å²) in [6.07, 6.45) is 0.851. The fraction of sp³-hybridized carbons (Fsp3) is 0.414. The molecule has 0 aliphatic carbocycles. The van der Waals surface area contributed by atoms with E-state index < -0.39 is 0 Å². The Morgan fingerprint density at radius 1 is 0.625 bits per heavy atom. The lowest BCUT2D eigenvalue weighted by atomic mass is 9.93. The number of hydrogen-bond acceptors (Lipinski definition) is 3. The van der Waals surface area contributed by atoms with Crippen molar-refractivity contribution in [1.29, 1.82) is 0 Å². The van der Waals surface area contributed by atoms with Crippen LogP contribution in [0, 0.1) is 0 Å². The molecular weight excluding hydrogens is 390 g/mol. The van der Waals surface area contributed by atoms with Crippen molar-refractivity contribution >= 4 is 21.9 Å². The number of hydrogen-bond donors (Lipinski definition) is 0. The lowest BCUT2D eigenvalue weighted by Gasteiger charge is -2.17. The molecule has 3 aromatic heterocycles. The van der Waals surface area contributed by atoms with Crippen molar-refractivity contribution in [3.05, 3.63) is 76.7 Å². The number of para-hydroxylation sites is 1. The standard InChI is InChI=1S/C29H35N3/c1-17(2)24-16-28(31-26-11-9-8-10-22(24)26)20(7)14-21-12-13-23-25(18(3)4)15-27(19(5)6)32-29(23)30-21/h8-13,15-20H,14H2,1-7H3. The van der Waals surface area contributed by atoms with E-state index in [4.69, 9.17) is 15.0 Å². The summed E-state index contributed by atoms with van der Waals surface area (Å²) in [5.41, 5.74) is 8.00. The fourth-order valence-electron chi connectivity index (χ4n) is 4.45. The smallest absolute Gasteiger partial charge is 0.159 e. The molecule has 3 heterocycles. The number of pyridine rings is 3. The van der Waals surface area contributed by atoms with Crippen LogP contribution in [-0.2, 0) is 6.42 Å². The van der Waals surface area contributed by atoms with Crippen LogP contribution in [0.4, 0.5) is 0 Å². The first-order valence-electron chi connectivity index (χ1n) is 11.9. The zero-order valence-electron chi connectivity index (χ0n) is 20.5. The van der Waals surface area contributed by atoms with Gasteiger partial charge in [0.1, 0.15) is 0 Å². The van der Waals surface area contributed by atoms with Gasteiger partial charge in [0, 0.05) is 33.8 Å². The first-order chi connectivity index (χ1) is 15.2. The molecule has 0 radical (unpaired) electrons. The van der Waals surface area contributed by atoms with Gasteiger partial charge in [0.05, 0.1) is 5.52 Å². The van der Waals surface area contributed by atoms with E-state index in [1.54, 1.807) is 0 Å². The zero-order chi connectivity index (χ0) is 23.0. The van der Waals surface area contributed by atoms with Gasteiger partial charge in [0.2, 0.25) is 0 Å². The molecule has 0 saturated carbocycles. The topological polar surface area (TPSA) is 38.7 Å². The summed E-state index contributed by atoms with van der Waals surface area (Å²) in [7, 11) is 0. The van der Waals surface area contributed by atoms with Gasteiger partial charge in [-0.25, -0.2) is 9.97 Å². The number of rotatable bonds is 6. The predicted octanol–water partition coefficient (Wildman–Crippen LogP) is 7.89. The van der Waals surface area contributed by atoms with Gasteiger partial charge >= 0.3 is 0 Å². The van der Waals surface area contributed by atoms with Crippen LogP contribution in [-0.4, -0.2) is 15.0 Å². The molecule has 1 aromatic carbocycles. The Morgan fingerprint density at radius 2 is 1.28 bits per heavy atom. The maximum absolute atomic E-state index is 5.01. The molecule has 1 unspecified atom stereocenters. The maximum Gasteiger partial charge on any atom is 0.159 e. The Balaban J connectivity index is 1.72. The van der Waals surface area contributed by atoms with Crippen molar-refractivity contribution < 1.29 is 0 Å². The van der Waals surface area contributed by atoms with E-state index in [-0.39, 0.29) is 5.92 Å². The van der Waals surface area contributed by atoms with E-state index in [0.29, 0.717) is 17.8 Å². The molecule has 166 valence electrons. The molecule has 0 bridgehead atoms. The average Bonchev–Trinajstić information content (AvgIpc) is 2.76. The van der Waals surface area contributed by atoms with Gasteiger partial charge < -0.3 is 0 Å². The molecule has 0 aliphatic rings. The molecule has 1 atom stereocenters. The van der Waals surface area contributed by atoms with Crippen LogP contribution in [0.2, 0.25) is 0 Å². The Bertz CT molecular complexity index is 1250. The molecule has 4 rings (SSSR count). The lowest BCUT2D eigenvalue weighted by Crippen LogP contribution is -2.06. The highest BCUT2D eigenvalue weighted by Gasteiger charge is 2.17. The van der Waals surface area contributed by atoms with Crippen molar-refractivity contribution in [3.63, 3.8) is 0 Å². The molecule has 0 N–H and O–H groups in total. The number of nitrogens with zero attached hydrogens (tertiary/aromatic N) is 3. The quantitative estimate of drug-likeness (QED) is 0.315. The number of aromatic nitrogens is 3. The fourth-order valence-corrected chi connectivity index (χ4v) is 4.45. The monoisotopic (exact) mass is 425 g/mol. The summed E-state index contributed by atoms with van der Waals surface area (Å²) in [5.74, 6) is 1.57. The highest BCUT2D eigenvalue weighted by Crippen LogP contribution is 2.30. The van der Waals surface area contributed by atoms with Crippen molar-refractivity contribution in [2.75, 3.05) is 0 Å². The maximum atomic E-state index is 5.01. The third-order valence-electron chi connectivity index (χ3n) is 6.41. The minimum absolute atomic E-state index is 0.278. The molecule has 0 aliphatic heterocycles. The summed E-state index contributed by atoms with van der Waals surface area (Å²) in [4.78, 5) is 14.9. The molecule has 4 aromatic rings. The SMILES string of the molecule is CC(C)c1cc(C(C)C)c2ccc(CC(C)c3cc(C(C)C)c4ccccc4n3)nc2n1. The summed E-state index contributed by atoms with van der Waals surface area (Å²) in [6, 6.07) is 17.4. The Hall–Kier alpha value is -2.81. The minimum atomic E-state index is 0.278. The van der Waals surface area contributed by atoms with Gasteiger partial charge in [-0.1, -0.05) is 66.7 Å². The minimum Gasteiger partial charge on any atom is -0.253 e. The van der Waals surface area contributed by atoms with Crippen molar-refractivity contribution in [1.82, 2.24) is 15.0 Å². The van der Waals surface area contributed by atoms with Crippen LogP contribution in [0.5, 0.6) is 0 Å².